The number of carbonyl (C=O) groups excluding carboxylic acids is 2. The third kappa shape index (κ3) is 4.64. The molecule has 18 heavy (non-hydrogen) atoms. The molecule has 1 rings (SSSR count). The van der Waals surface area contributed by atoms with Crippen molar-refractivity contribution >= 4 is 11.8 Å². The topological polar surface area (TPSA) is 61.4 Å². The minimum atomic E-state index is -0.0792. The minimum Gasteiger partial charge on any atom is -0.355 e. The molecule has 104 valence electrons. The van der Waals surface area contributed by atoms with Gasteiger partial charge in [0.1, 0.15) is 0 Å². The fourth-order valence-corrected chi connectivity index (χ4v) is 2.27. The van der Waals surface area contributed by atoms with Gasteiger partial charge >= 0.3 is 0 Å². The van der Waals surface area contributed by atoms with Crippen molar-refractivity contribution in [1.82, 2.24) is 15.5 Å². The van der Waals surface area contributed by atoms with Crippen molar-refractivity contribution in [2.24, 2.45) is 11.8 Å². The molecule has 2 atom stereocenters. The maximum atomic E-state index is 12.2. The average Bonchev–Trinajstić information content (AvgIpc) is 2.35. The van der Waals surface area contributed by atoms with Crippen LogP contribution in [0.2, 0.25) is 0 Å². The fourth-order valence-electron chi connectivity index (χ4n) is 2.27. The lowest BCUT2D eigenvalue weighted by Crippen LogP contribution is -2.46. The first-order chi connectivity index (χ1) is 8.54. The Bertz CT molecular complexity index is 294. The van der Waals surface area contributed by atoms with Crippen molar-refractivity contribution in [2.75, 3.05) is 33.2 Å². The molecule has 0 aromatic carbocycles. The third-order valence-electron chi connectivity index (χ3n) is 3.25. The molecule has 5 nitrogen and oxygen atoms in total. The predicted molar refractivity (Wildman–Crippen MR) is 71.1 cm³/mol. The molecule has 1 fully saturated rings. The van der Waals surface area contributed by atoms with Crippen molar-refractivity contribution in [1.29, 1.82) is 0 Å². The molecule has 0 aliphatic carbocycles. The Morgan fingerprint density at radius 3 is 2.72 bits per heavy atom. The Hall–Kier alpha value is -1.10. The van der Waals surface area contributed by atoms with E-state index in [2.05, 4.69) is 17.6 Å². The molecule has 0 aromatic heterocycles. The number of rotatable bonds is 5. The van der Waals surface area contributed by atoms with Crippen LogP contribution < -0.4 is 10.6 Å². The number of likely N-dealkylation sites (N-methyl/N-ethyl adjacent to an activating group) is 1. The van der Waals surface area contributed by atoms with E-state index in [0.29, 0.717) is 12.5 Å². The third-order valence-corrected chi connectivity index (χ3v) is 3.25. The summed E-state index contributed by atoms with van der Waals surface area (Å²) in [4.78, 5) is 25.2. The SMILES string of the molecule is CCCNC(=O)CN(C)C(=O)C1CNCC(C)C1. The lowest BCUT2D eigenvalue weighted by molar-refractivity contribution is -0.138. The molecule has 2 unspecified atom stereocenters. The van der Waals surface area contributed by atoms with Crippen LogP contribution in [0.1, 0.15) is 26.7 Å². The maximum absolute atomic E-state index is 12.2. The quantitative estimate of drug-likeness (QED) is 0.738. The summed E-state index contributed by atoms with van der Waals surface area (Å²) in [5.41, 5.74) is 0. The standard InChI is InChI=1S/C13H25N3O2/c1-4-5-15-12(17)9-16(3)13(18)11-6-10(2)7-14-8-11/h10-11,14H,4-9H2,1-3H3,(H,15,17). The van der Waals surface area contributed by atoms with Gasteiger partial charge in [-0.1, -0.05) is 13.8 Å². The van der Waals surface area contributed by atoms with Gasteiger partial charge in [-0.3, -0.25) is 9.59 Å². The summed E-state index contributed by atoms with van der Waals surface area (Å²) in [5.74, 6) is 0.526. The van der Waals surface area contributed by atoms with E-state index in [4.69, 9.17) is 0 Å². The van der Waals surface area contributed by atoms with Crippen LogP contribution in [0.25, 0.3) is 0 Å². The molecule has 1 aliphatic heterocycles. The number of nitrogens with one attached hydrogen (secondary N) is 2. The summed E-state index contributed by atoms with van der Waals surface area (Å²) in [5, 5.41) is 6.04. The van der Waals surface area contributed by atoms with E-state index in [1.54, 1.807) is 7.05 Å². The van der Waals surface area contributed by atoms with Gasteiger partial charge < -0.3 is 15.5 Å². The van der Waals surface area contributed by atoms with E-state index in [1.165, 1.54) is 4.90 Å². The first-order valence-electron chi connectivity index (χ1n) is 6.77. The first-order valence-corrected chi connectivity index (χ1v) is 6.77. The van der Waals surface area contributed by atoms with Gasteiger partial charge in [0.25, 0.3) is 0 Å². The molecule has 2 N–H and O–H groups in total. The van der Waals surface area contributed by atoms with E-state index in [1.807, 2.05) is 6.92 Å². The Labute approximate surface area is 109 Å². The predicted octanol–water partition coefficient (Wildman–Crippen LogP) is 0.217. The average molecular weight is 255 g/mol. The molecule has 2 amide bonds. The summed E-state index contributed by atoms with van der Waals surface area (Å²) < 4.78 is 0. The number of piperidine rings is 1. The van der Waals surface area contributed by atoms with Crippen LogP contribution in [-0.4, -0.2) is 49.9 Å². The largest absolute Gasteiger partial charge is 0.355 e. The lowest BCUT2D eigenvalue weighted by Gasteiger charge is -2.30. The van der Waals surface area contributed by atoms with Crippen LogP contribution in [0.3, 0.4) is 0 Å². The van der Waals surface area contributed by atoms with Crippen LogP contribution in [0.15, 0.2) is 0 Å². The summed E-state index contributed by atoms with van der Waals surface area (Å²) in [7, 11) is 1.70. The molecule has 1 heterocycles. The summed E-state index contributed by atoms with van der Waals surface area (Å²) in [6, 6.07) is 0. The van der Waals surface area contributed by atoms with Crippen molar-refractivity contribution in [3.05, 3.63) is 0 Å². The van der Waals surface area contributed by atoms with Gasteiger partial charge in [0.2, 0.25) is 11.8 Å². The molecule has 0 bridgehead atoms. The summed E-state index contributed by atoms with van der Waals surface area (Å²) >= 11 is 0. The summed E-state index contributed by atoms with van der Waals surface area (Å²) in [6.45, 7) is 6.67. The van der Waals surface area contributed by atoms with Crippen molar-refractivity contribution in [2.45, 2.75) is 26.7 Å². The zero-order chi connectivity index (χ0) is 13.5. The van der Waals surface area contributed by atoms with Gasteiger partial charge in [0.05, 0.1) is 12.5 Å². The lowest BCUT2D eigenvalue weighted by atomic mass is 9.91. The van der Waals surface area contributed by atoms with E-state index < -0.39 is 0 Å². The molecule has 1 saturated heterocycles. The minimum absolute atomic E-state index is 0.0118. The molecular formula is C13H25N3O2. The first kappa shape index (κ1) is 15.0. The second kappa shape index (κ2) is 7.36. The van der Waals surface area contributed by atoms with E-state index in [0.717, 1.165) is 25.9 Å². The van der Waals surface area contributed by atoms with Crippen LogP contribution >= 0.6 is 0 Å². The Kier molecular flexibility index (Phi) is 6.12. The van der Waals surface area contributed by atoms with Gasteiger partial charge in [-0.15, -0.1) is 0 Å². The highest BCUT2D eigenvalue weighted by molar-refractivity contribution is 5.85. The monoisotopic (exact) mass is 255 g/mol. The molecule has 1 aliphatic rings. The molecule has 5 heteroatoms. The number of hydrogen-bond acceptors (Lipinski definition) is 3. The number of carbonyl (C=O) groups is 2. The van der Waals surface area contributed by atoms with Crippen LogP contribution in [0.5, 0.6) is 0 Å². The normalized spacial score (nSPS) is 23.5. The van der Waals surface area contributed by atoms with E-state index >= 15 is 0 Å². The highest BCUT2D eigenvalue weighted by atomic mass is 16.2. The number of amides is 2. The van der Waals surface area contributed by atoms with Gasteiger partial charge in [-0.25, -0.2) is 0 Å². The number of nitrogens with zero attached hydrogens (tertiary/aromatic N) is 1. The second-order valence-electron chi connectivity index (χ2n) is 5.24. The van der Waals surface area contributed by atoms with Gasteiger partial charge in [-0.05, 0) is 25.3 Å². The molecule has 0 saturated carbocycles. The highest BCUT2D eigenvalue weighted by Gasteiger charge is 2.27. The van der Waals surface area contributed by atoms with Crippen LogP contribution in [0, 0.1) is 11.8 Å². The zero-order valence-electron chi connectivity index (χ0n) is 11.7. The zero-order valence-corrected chi connectivity index (χ0v) is 11.7. The molecule has 0 radical (unpaired) electrons. The van der Waals surface area contributed by atoms with Gasteiger partial charge in [0, 0.05) is 20.1 Å². The van der Waals surface area contributed by atoms with Crippen molar-refractivity contribution < 1.29 is 9.59 Å². The van der Waals surface area contributed by atoms with Gasteiger partial charge in [0.15, 0.2) is 0 Å². The van der Waals surface area contributed by atoms with E-state index in [9.17, 15) is 9.59 Å². The Morgan fingerprint density at radius 1 is 1.39 bits per heavy atom. The second-order valence-corrected chi connectivity index (χ2v) is 5.24. The number of hydrogen-bond donors (Lipinski definition) is 2. The van der Waals surface area contributed by atoms with Crippen molar-refractivity contribution in [3.8, 4) is 0 Å². The maximum Gasteiger partial charge on any atom is 0.239 e. The van der Waals surface area contributed by atoms with Crippen LogP contribution in [-0.2, 0) is 9.59 Å². The van der Waals surface area contributed by atoms with Gasteiger partial charge in [-0.2, -0.15) is 0 Å². The Balaban J connectivity index is 2.38. The smallest absolute Gasteiger partial charge is 0.239 e. The summed E-state index contributed by atoms with van der Waals surface area (Å²) in [6.07, 6.45) is 1.82. The van der Waals surface area contributed by atoms with Crippen LogP contribution in [0.4, 0.5) is 0 Å². The van der Waals surface area contributed by atoms with E-state index in [-0.39, 0.29) is 24.3 Å². The molecule has 0 aromatic rings. The van der Waals surface area contributed by atoms with Crippen molar-refractivity contribution in [3.63, 3.8) is 0 Å². The molecule has 0 spiro atoms. The fraction of sp³-hybridized carbons (Fsp3) is 0.846. The molecular weight excluding hydrogens is 230 g/mol. The highest BCUT2D eigenvalue weighted by Crippen LogP contribution is 2.17. The Morgan fingerprint density at radius 2 is 2.11 bits per heavy atom.